The molecule has 2 saturated heterocycles. The first-order valence-corrected chi connectivity index (χ1v) is 17.8. The number of para-hydroxylation sites is 1. The number of rotatable bonds is 7. The van der Waals surface area contributed by atoms with Crippen LogP contribution in [0.25, 0.3) is 22.2 Å². The predicted molar refractivity (Wildman–Crippen MR) is 193 cm³/mol. The van der Waals surface area contributed by atoms with Gasteiger partial charge in [-0.05, 0) is 42.9 Å². The second kappa shape index (κ2) is 14.6. The van der Waals surface area contributed by atoms with Gasteiger partial charge in [0.25, 0.3) is 0 Å². The maximum Gasteiger partial charge on any atom is 0.409 e. The van der Waals surface area contributed by atoms with Crippen molar-refractivity contribution in [3.63, 3.8) is 0 Å². The summed E-state index contributed by atoms with van der Waals surface area (Å²) in [6.45, 7) is 8.48. The number of carbonyl (C=O) groups excluding carboxylic acids is 3. The van der Waals surface area contributed by atoms with Crippen LogP contribution in [0.3, 0.4) is 0 Å². The Kier molecular flexibility index (Phi) is 9.80. The van der Waals surface area contributed by atoms with Crippen molar-refractivity contribution >= 4 is 52.2 Å². The number of amides is 4. The Balaban J connectivity index is 1.07. The van der Waals surface area contributed by atoms with E-state index in [9.17, 15) is 14.4 Å². The first-order valence-electron chi connectivity index (χ1n) is 17.5. The molecule has 0 atom stereocenters. The number of likely N-dealkylation sites (tertiary alicyclic amines) is 1. The number of halogens is 1. The number of nitrogens with zero attached hydrogens (tertiary/aromatic N) is 7. The molecule has 7 rings (SSSR count). The minimum atomic E-state index is -0.295. The average Bonchev–Trinajstić information content (AvgIpc) is 3.40. The van der Waals surface area contributed by atoms with E-state index in [0.29, 0.717) is 63.1 Å². The van der Waals surface area contributed by atoms with Crippen LogP contribution in [-0.4, -0.2) is 106 Å². The fraction of sp³-hybridized carbons (Fsp3) is 0.432. The lowest BCUT2D eigenvalue weighted by atomic mass is 10.0. The van der Waals surface area contributed by atoms with Crippen molar-refractivity contribution in [2.75, 3.05) is 62.6 Å². The predicted octanol–water partition coefficient (Wildman–Crippen LogP) is 5.75. The zero-order valence-corrected chi connectivity index (χ0v) is 29.3. The molecular formula is C37H43ClN8O4. The van der Waals surface area contributed by atoms with Crippen LogP contribution < -0.4 is 10.2 Å². The molecule has 4 aromatic rings. The highest BCUT2D eigenvalue weighted by Gasteiger charge is 2.32. The molecule has 5 heterocycles. The fourth-order valence-corrected chi connectivity index (χ4v) is 7.43. The van der Waals surface area contributed by atoms with Crippen molar-refractivity contribution in [2.24, 2.45) is 5.92 Å². The highest BCUT2D eigenvalue weighted by Crippen LogP contribution is 2.39. The van der Waals surface area contributed by atoms with Gasteiger partial charge in [-0.15, -0.1) is 0 Å². The minimum Gasteiger partial charge on any atom is -0.449 e. The van der Waals surface area contributed by atoms with Crippen LogP contribution in [0.2, 0.25) is 5.02 Å². The monoisotopic (exact) mass is 698 g/mol. The van der Waals surface area contributed by atoms with Crippen molar-refractivity contribution in [2.45, 2.75) is 45.7 Å². The van der Waals surface area contributed by atoms with E-state index in [0.717, 1.165) is 52.8 Å². The van der Waals surface area contributed by atoms with Crippen molar-refractivity contribution < 1.29 is 19.1 Å². The Morgan fingerprint density at radius 3 is 2.42 bits per heavy atom. The smallest absolute Gasteiger partial charge is 0.409 e. The maximum atomic E-state index is 13.8. The quantitative estimate of drug-likeness (QED) is 0.262. The van der Waals surface area contributed by atoms with Crippen LogP contribution in [0.15, 0.2) is 61.1 Å². The van der Waals surface area contributed by atoms with Crippen molar-refractivity contribution in [1.82, 2.24) is 29.2 Å². The van der Waals surface area contributed by atoms with Gasteiger partial charge in [0.15, 0.2) is 0 Å². The number of fused-ring (bicyclic) bond motifs is 2. The number of carbonyl (C=O) groups is 3. The van der Waals surface area contributed by atoms with Crippen LogP contribution in [0.5, 0.6) is 0 Å². The normalized spacial score (nSPS) is 17.2. The van der Waals surface area contributed by atoms with E-state index < -0.39 is 0 Å². The molecule has 262 valence electrons. The van der Waals surface area contributed by atoms with Crippen LogP contribution in [-0.2, 0) is 22.5 Å². The molecule has 0 unspecified atom stereocenters. The molecule has 2 aromatic heterocycles. The number of aromatic nitrogens is 3. The van der Waals surface area contributed by atoms with Crippen LogP contribution in [0, 0.1) is 5.92 Å². The SMILES string of the molecule is CC(C)COC(=O)N1CCN(c2ncnc3c2c(-c2ccccc2Cl)cn3CC(=O)N2CCC(N3CCc4ccccc4NC3=O)CC2)CC1. The number of anilines is 2. The fourth-order valence-electron chi connectivity index (χ4n) is 7.19. The highest BCUT2D eigenvalue weighted by atomic mass is 35.5. The van der Waals surface area contributed by atoms with Gasteiger partial charge in [-0.1, -0.05) is 61.8 Å². The van der Waals surface area contributed by atoms with Gasteiger partial charge in [0.05, 0.1) is 12.0 Å². The lowest BCUT2D eigenvalue weighted by molar-refractivity contribution is -0.133. The van der Waals surface area contributed by atoms with Crippen molar-refractivity contribution in [3.8, 4) is 11.1 Å². The summed E-state index contributed by atoms with van der Waals surface area (Å²) in [5.41, 5.74) is 4.34. The molecular weight excluding hydrogens is 656 g/mol. The molecule has 0 spiro atoms. The maximum absolute atomic E-state index is 13.8. The Labute approximate surface area is 296 Å². The Bertz CT molecular complexity index is 1880. The zero-order chi connectivity index (χ0) is 34.8. The van der Waals surface area contributed by atoms with Gasteiger partial charge in [0, 0.05) is 79.9 Å². The number of nitrogens with one attached hydrogen (secondary N) is 1. The molecule has 1 N–H and O–H groups in total. The van der Waals surface area contributed by atoms with Crippen LogP contribution >= 0.6 is 11.6 Å². The third-order valence-corrected chi connectivity index (χ3v) is 10.2. The number of hydrogen-bond donors (Lipinski definition) is 1. The number of hydrogen-bond acceptors (Lipinski definition) is 7. The Hall–Kier alpha value is -4.84. The summed E-state index contributed by atoms with van der Waals surface area (Å²) in [5.74, 6) is 1.00. The summed E-state index contributed by atoms with van der Waals surface area (Å²) in [6, 6.07) is 15.6. The van der Waals surface area contributed by atoms with E-state index in [1.54, 1.807) is 4.90 Å². The molecule has 2 aromatic carbocycles. The number of benzene rings is 2. The molecule has 3 aliphatic heterocycles. The third-order valence-electron chi connectivity index (χ3n) is 9.88. The molecule has 0 radical (unpaired) electrons. The standard InChI is InChI=1S/C37H43ClN8O4/c1-25(2)23-50-37(49)44-19-17-43(18-20-44)34-33-29(28-8-4-5-9-30(28)38)21-45(35(33)40-24-39-34)22-32(47)42-14-12-27(13-15-42)46-16-11-26-7-3-6-10-31(26)41-36(46)48/h3-10,21,24-25,27H,11-20,22-23H2,1-2H3,(H,41,48). The summed E-state index contributed by atoms with van der Waals surface area (Å²) >= 11 is 6.74. The summed E-state index contributed by atoms with van der Waals surface area (Å²) in [5, 5.41) is 4.48. The Morgan fingerprint density at radius 1 is 0.920 bits per heavy atom. The van der Waals surface area contributed by atoms with Gasteiger partial charge in [-0.3, -0.25) is 4.79 Å². The second-order valence-electron chi connectivity index (χ2n) is 13.6. The highest BCUT2D eigenvalue weighted by molar-refractivity contribution is 6.33. The lowest BCUT2D eigenvalue weighted by Gasteiger charge is -2.38. The molecule has 50 heavy (non-hydrogen) atoms. The molecule has 0 saturated carbocycles. The second-order valence-corrected chi connectivity index (χ2v) is 14.0. The van der Waals surface area contributed by atoms with E-state index in [4.69, 9.17) is 21.3 Å². The summed E-state index contributed by atoms with van der Waals surface area (Å²) in [7, 11) is 0. The summed E-state index contributed by atoms with van der Waals surface area (Å²) < 4.78 is 7.36. The molecule has 12 nitrogen and oxygen atoms in total. The molecule has 0 bridgehead atoms. The Morgan fingerprint density at radius 2 is 1.66 bits per heavy atom. The van der Waals surface area contributed by atoms with E-state index in [1.165, 1.54) is 6.33 Å². The van der Waals surface area contributed by atoms with Gasteiger partial charge in [0.1, 0.15) is 24.3 Å². The summed E-state index contributed by atoms with van der Waals surface area (Å²) in [4.78, 5) is 56.7. The van der Waals surface area contributed by atoms with E-state index >= 15 is 0 Å². The van der Waals surface area contributed by atoms with Crippen LogP contribution in [0.1, 0.15) is 32.3 Å². The topological polar surface area (TPSA) is 116 Å². The summed E-state index contributed by atoms with van der Waals surface area (Å²) in [6.07, 6.45) is 5.43. The molecule has 2 fully saturated rings. The lowest BCUT2D eigenvalue weighted by Crippen LogP contribution is -2.50. The van der Waals surface area contributed by atoms with Gasteiger partial charge in [-0.25, -0.2) is 19.6 Å². The van der Waals surface area contributed by atoms with Crippen molar-refractivity contribution in [3.05, 3.63) is 71.6 Å². The largest absolute Gasteiger partial charge is 0.449 e. The number of ether oxygens (including phenoxy) is 1. The number of piperazine rings is 1. The average molecular weight is 699 g/mol. The molecule has 0 aliphatic carbocycles. The first-order chi connectivity index (χ1) is 24.3. The number of piperidine rings is 1. The van der Waals surface area contributed by atoms with Gasteiger partial charge in [0.2, 0.25) is 5.91 Å². The van der Waals surface area contributed by atoms with E-state index in [-0.39, 0.29) is 36.5 Å². The van der Waals surface area contributed by atoms with Gasteiger partial charge < -0.3 is 34.2 Å². The third kappa shape index (κ3) is 6.94. The van der Waals surface area contributed by atoms with E-state index in [2.05, 4.69) is 21.3 Å². The molecule has 4 amide bonds. The number of urea groups is 1. The van der Waals surface area contributed by atoms with Gasteiger partial charge >= 0.3 is 12.1 Å². The first kappa shape index (κ1) is 33.6. The van der Waals surface area contributed by atoms with Crippen LogP contribution in [0.4, 0.5) is 21.1 Å². The van der Waals surface area contributed by atoms with Gasteiger partial charge in [-0.2, -0.15) is 0 Å². The van der Waals surface area contributed by atoms with Crippen molar-refractivity contribution in [1.29, 1.82) is 0 Å². The van der Waals surface area contributed by atoms with E-state index in [1.807, 2.05) is 76.9 Å². The zero-order valence-electron chi connectivity index (χ0n) is 28.6. The molecule has 13 heteroatoms. The molecule has 3 aliphatic rings. The minimum absolute atomic E-state index is 0.00697.